The van der Waals surface area contributed by atoms with Gasteiger partial charge in [0.1, 0.15) is 0 Å². The van der Waals surface area contributed by atoms with Crippen molar-refractivity contribution in [1.82, 2.24) is 20.8 Å². The van der Waals surface area contributed by atoms with Crippen LogP contribution >= 0.6 is 0 Å². The van der Waals surface area contributed by atoms with Crippen LogP contribution in [0.5, 0.6) is 0 Å². The molecule has 0 aromatic carbocycles. The Morgan fingerprint density at radius 1 is 1.50 bits per heavy atom. The first kappa shape index (κ1) is 13.5. The van der Waals surface area contributed by atoms with Crippen LogP contribution in [0.4, 0.5) is 0 Å². The fourth-order valence-corrected chi connectivity index (χ4v) is 2.50. The Morgan fingerprint density at radius 3 is 3.06 bits per heavy atom. The number of aromatic nitrogens is 2. The highest BCUT2D eigenvalue weighted by Gasteiger charge is 2.15. The van der Waals surface area contributed by atoms with Gasteiger partial charge >= 0.3 is 0 Å². The Hall–Kier alpha value is -0.940. The van der Waals surface area contributed by atoms with E-state index in [0.29, 0.717) is 17.9 Å². The minimum atomic E-state index is 0.532. The summed E-state index contributed by atoms with van der Waals surface area (Å²) in [5.74, 6) is 1.44. The Kier molecular flexibility index (Phi) is 5.13. The van der Waals surface area contributed by atoms with E-state index in [-0.39, 0.29) is 0 Å². The summed E-state index contributed by atoms with van der Waals surface area (Å²) in [6.45, 7) is 6.17. The van der Waals surface area contributed by atoms with Crippen molar-refractivity contribution in [3.8, 4) is 0 Å². The lowest BCUT2D eigenvalue weighted by atomic mass is 9.99. The van der Waals surface area contributed by atoms with E-state index in [0.717, 1.165) is 18.9 Å². The van der Waals surface area contributed by atoms with Crippen LogP contribution in [0, 0.1) is 6.92 Å². The van der Waals surface area contributed by atoms with Gasteiger partial charge in [0, 0.05) is 25.0 Å². The van der Waals surface area contributed by atoms with Gasteiger partial charge in [0.2, 0.25) is 5.89 Å². The van der Waals surface area contributed by atoms with Crippen LogP contribution in [-0.4, -0.2) is 35.3 Å². The largest absolute Gasteiger partial charge is 0.339 e. The molecule has 5 heteroatoms. The van der Waals surface area contributed by atoms with E-state index in [9.17, 15) is 0 Å². The van der Waals surface area contributed by atoms with Crippen LogP contribution < -0.4 is 10.6 Å². The fourth-order valence-electron chi connectivity index (χ4n) is 2.50. The van der Waals surface area contributed by atoms with Crippen LogP contribution in [0.1, 0.15) is 44.3 Å². The molecular formula is C13H24N4O. The molecule has 0 bridgehead atoms. The van der Waals surface area contributed by atoms with Gasteiger partial charge in [0.05, 0.1) is 0 Å². The number of rotatable bonds is 6. The summed E-state index contributed by atoms with van der Waals surface area (Å²) in [6, 6.07) is 1.22. The van der Waals surface area contributed by atoms with Crippen LogP contribution in [-0.2, 0) is 6.42 Å². The molecule has 0 radical (unpaired) electrons. The molecule has 0 saturated carbocycles. The van der Waals surface area contributed by atoms with E-state index in [1.807, 2.05) is 6.92 Å². The maximum absolute atomic E-state index is 5.08. The highest BCUT2D eigenvalue weighted by Crippen LogP contribution is 2.11. The number of hydrogen-bond donors (Lipinski definition) is 2. The second-order valence-electron chi connectivity index (χ2n) is 5.22. The third-order valence-electron chi connectivity index (χ3n) is 3.45. The van der Waals surface area contributed by atoms with Crippen molar-refractivity contribution in [3.05, 3.63) is 11.7 Å². The molecule has 1 aliphatic heterocycles. The van der Waals surface area contributed by atoms with Crippen molar-refractivity contribution in [2.75, 3.05) is 13.1 Å². The highest BCUT2D eigenvalue weighted by molar-refractivity contribution is 4.84. The van der Waals surface area contributed by atoms with Crippen molar-refractivity contribution in [2.45, 2.75) is 58.0 Å². The summed E-state index contributed by atoms with van der Waals surface area (Å²) in [4.78, 5) is 4.19. The molecule has 1 aromatic rings. The van der Waals surface area contributed by atoms with E-state index < -0.39 is 0 Å². The van der Waals surface area contributed by atoms with Gasteiger partial charge < -0.3 is 15.2 Å². The lowest BCUT2D eigenvalue weighted by molar-refractivity contribution is 0.338. The van der Waals surface area contributed by atoms with Crippen molar-refractivity contribution >= 4 is 0 Å². The summed E-state index contributed by atoms with van der Waals surface area (Å²) in [6.07, 6.45) is 6.02. The lowest BCUT2D eigenvalue weighted by Crippen LogP contribution is -2.40. The minimum Gasteiger partial charge on any atom is -0.339 e. The van der Waals surface area contributed by atoms with E-state index >= 15 is 0 Å². The summed E-state index contributed by atoms with van der Waals surface area (Å²) in [5.41, 5.74) is 0. The van der Waals surface area contributed by atoms with Crippen molar-refractivity contribution in [2.24, 2.45) is 0 Å². The first-order valence-corrected chi connectivity index (χ1v) is 7.00. The molecule has 2 rings (SSSR count). The third kappa shape index (κ3) is 4.38. The SMILES string of the molecule is Cc1noc(CCNC(C)CC2CCCCN2)n1. The monoisotopic (exact) mass is 252 g/mol. The summed E-state index contributed by atoms with van der Waals surface area (Å²) in [5, 5.41) is 10.9. The van der Waals surface area contributed by atoms with Crippen LogP contribution in [0.15, 0.2) is 4.52 Å². The second kappa shape index (κ2) is 6.85. The summed E-state index contributed by atoms with van der Waals surface area (Å²) in [7, 11) is 0. The first-order valence-electron chi connectivity index (χ1n) is 7.00. The van der Waals surface area contributed by atoms with Crippen molar-refractivity contribution in [3.63, 3.8) is 0 Å². The molecule has 0 aliphatic carbocycles. The van der Waals surface area contributed by atoms with Crippen LogP contribution in [0.2, 0.25) is 0 Å². The predicted molar refractivity (Wildman–Crippen MR) is 70.5 cm³/mol. The minimum absolute atomic E-state index is 0.532. The number of nitrogens with one attached hydrogen (secondary N) is 2. The second-order valence-corrected chi connectivity index (χ2v) is 5.22. The maximum atomic E-state index is 5.08. The number of hydrogen-bond acceptors (Lipinski definition) is 5. The quantitative estimate of drug-likeness (QED) is 0.802. The molecule has 2 heterocycles. The van der Waals surface area contributed by atoms with E-state index in [4.69, 9.17) is 4.52 Å². The molecular weight excluding hydrogens is 228 g/mol. The molecule has 2 atom stereocenters. The van der Waals surface area contributed by atoms with Gasteiger partial charge in [-0.05, 0) is 39.7 Å². The van der Waals surface area contributed by atoms with Gasteiger partial charge in [-0.1, -0.05) is 11.6 Å². The molecule has 2 unspecified atom stereocenters. The standard InChI is InChI=1S/C13H24N4O/c1-10(9-12-5-3-4-7-15-12)14-8-6-13-16-11(2)17-18-13/h10,12,14-15H,3-9H2,1-2H3. The van der Waals surface area contributed by atoms with Gasteiger partial charge in [0.15, 0.2) is 5.82 Å². The molecule has 1 fully saturated rings. The molecule has 0 spiro atoms. The zero-order valence-corrected chi connectivity index (χ0v) is 11.4. The van der Waals surface area contributed by atoms with Crippen LogP contribution in [0.3, 0.4) is 0 Å². The predicted octanol–water partition coefficient (Wildman–Crippen LogP) is 1.43. The average molecular weight is 252 g/mol. The fraction of sp³-hybridized carbons (Fsp3) is 0.846. The molecule has 1 aliphatic rings. The smallest absolute Gasteiger partial charge is 0.227 e. The Balaban J connectivity index is 1.60. The molecule has 18 heavy (non-hydrogen) atoms. The molecule has 1 aromatic heterocycles. The highest BCUT2D eigenvalue weighted by atomic mass is 16.5. The van der Waals surface area contributed by atoms with Crippen molar-refractivity contribution in [1.29, 1.82) is 0 Å². The Morgan fingerprint density at radius 2 is 2.39 bits per heavy atom. The molecule has 2 N–H and O–H groups in total. The van der Waals surface area contributed by atoms with Gasteiger partial charge in [-0.25, -0.2) is 0 Å². The summed E-state index contributed by atoms with van der Waals surface area (Å²) >= 11 is 0. The molecule has 102 valence electrons. The van der Waals surface area contributed by atoms with E-state index in [1.54, 1.807) is 0 Å². The zero-order valence-electron chi connectivity index (χ0n) is 11.4. The Labute approximate surface area is 109 Å². The molecule has 0 amide bonds. The van der Waals surface area contributed by atoms with Crippen LogP contribution in [0.25, 0.3) is 0 Å². The summed E-state index contributed by atoms with van der Waals surface area (Å²) < 4.78 is 5.08. The maximum Gasteiger partial charge on any atom is 0.227 e. The number of aryl methyl sites for hydroxylation is 1. The van der Waals surface area contributed by atoms with E-state index in [1.165, 1.54) is 32.2 Å². The van der Waals surface area contributed by atoms with Gasteiger partial charge in [-0.15, -0.1) is 0 Å². The van der Waals surface area contributed by atoms with E-state index in [2.05, 4.69) is 27.7 Å². The van der Waals surface area contributed by atoms with Gasteiger partial charge in [-0.3, -0.25) is 0 Å². The lowest BCUT2D eigenvalue weighted by Gasteiger charge is -2.26. The first-order chi connectivity index (χ1) is 8.74. The third-order valence-corrected chi connectivity index (χ3v) is 3.45. The average Bonchev–Trinajstić information content (AvgIpc) is 2.76. The normalized spacial score (nSPS) is 22.0. The molecule has 5 nitrogen and oxygen atoms in total. The van der Waals surface area contributed by atoms with Gasteiger partial charge in [0.25, 0.3) is 0 Å². The van der Waals surface area contributed by atoms with Gasteiger partial charge in [-0.2, -0.15) is 4.98 Å². The topological polar surface area (TPSA) is 63.0 Å². The Bertz CT molecular complexity index is 347. The molecule has 1 saturated heterocycles. The number of piperidine rings is 1. The zero-order chi connectivity index (χ0) is 12.8. The van der Waals surface area contributed by atoms with Crippen molar-refractivity contribution < 1.29 is 4.52 Å². The number of nitrogens with zero attached hydrogens (tertiary/aromatic N) is 2.